The van der Waals surface area contributed by atoms with Gasteiger partial charge in [-0.3, -0.25) is 4.57 Å². The van der Waals surface area contributed by atoms with Crippen LogP contribution in [0, 0.1) is 6.92 Å². The highest BCUT2D eigenvalue weighted by Gasteiger charge is 2.22. The van der Waals surface area contributed by atoms with Gasteiger partial charge in [0.05, 0.1) is 18.1 Å². The molecule has 4 aromatic rings. The fraction of sp³-hybridized carbons (Fsp3) is 0.300. The zero-order chi connectivity index (χ0) is 19.5. The Hall–Kier alpha value is -2.87. The molecule has 7 nitrogen and oxygen atoms in total. The van der Waals surface area contributed by atoms with Crippen molar-refractivity contribution in [3.8, 4) is 11.4 Å². The van der Waals surface area contributed by atoms with Crippen LogP contribution in [0.2, 0.25) is 0 Å². The van der Waals surface area contributed by atoms with Crippen LogP contribution in [-0.4, -0.2) is 24.9 Å². The van der Waals surface area contributed by atoms with E-state index in [1.54, 1.807) is 18.0 Å². The molecule has 0 saturated heterocycles. The van der Waals surface area contributed by atoms with Gasteiger partial charge >= 0.3 is 0 Å². The topological polar surface area (TPSA) is 82.8 Å². The smallest absolute Gasteiger partial charge is 0.239 e. The van der Waals surface area contributed by atoms with Crippen molar-refractivity contribution in [3.63, 3.8) is 0 Å². The van der Waals surface area contributed by atoms with E-state index < -0.39 is 0 Å². The van der Waals surface area contributed by atoms with E-state index in [-0.39, 0.29) is 5.25 Å². The summed E-state index contributed by atoms with van der Waals surface area (Å²) in [6, 6.07) is 12.1. The highest BCUT2D eigenvalue weighted by Crippen LogP contribution is 2.35. The number of hydrogen-bond acceptors (Lipinski definition) is 7. The van der Waals surface area contributed by atoms with E-state index >= 15 is 0 Å². The first-order chi connectivity index (χ1) is 13.6. The van der Waals surface area contributed by atoms with Crippen LogP contribution in [0.1, 0.15) is 42.1 Å². The van der Waals surface area contributed by atoms with E-state index in [0.29, 0.717) is 18.3 Å². The number of benzene rings is 1. The maximum atomic E-state index is 5.56. The van der Waals surface area contributed by atoms with E-state index in [1.807, 2.05) is 38.1 Å². The molecule has 1 unspecified atom stereocenters. The molecule has 4 rings (SSSR count). The average Bonchev–Trinajstić information content (AvgIpc) is 3.44. The first-order valence-electron chi connectivity index (χ1n) is 9.15. The second-order valence-corrected chi connectivity index (χ2v) is 7.81. The second kappa shape index (κ2) is 8.02. The summed E-state index contributed by atoms with van der Waals surface area (Å²) in [5.74, 6) is 2.94. The number of thioether (sulfide) groups is 1. The van der Waals surface area contributed by atoms with Gasteiger partial charge in [0.2, 0.25) is 5.89 Å². The van der Waals surface area contributed by atoms with Gasteiger partial charge in [-0.1, -0.05) is 47.6 Å². The molecule has 1 aromatic carbocycles. The van der Waals surface area contributed by atoms with Crippen LogP contribution < -0.4 is 0 Å². The minimum Gasteiger partial charge on any atom is -0.467 e. The maximum absolute atomic E-state index is 5.56. The van der Waals surface area contributed by atoms with Gasteiger partial charge in [0.15, 0.2) is 16.8 Å². The van der Waals surface area contributed by atoms with Crippen molar-refractivity contribution in [2.45, 2.75) is 44.1 Å². The predicted molar refractivity (Wildman–Crippen MR) is 106 cm³/mol. The zero-order valence-electron chi connectivity index (χ0n) is 16.0. The number of rotatable bonds is 7. The third-order valence-corrected chi connectivity index (χ3v) is 5.39. The van der Waals surface area contributed by atoms with Crippen molar-refractivity contribution >= 4 is 11.8 Å². The Labute approximate surface area is 167 Å². The van der Waals surface area contributed by atoms with Crippen LogP contribution >= 0.6 is 11.8 Å². The molecule has 1 atom stereocenters. The van der Waals surface area contributed by atoms with Crippen molar-refractivity contribution in [2.75, 3.05) is 0 Å². The summed E-state index contributed by atoms with van der Waals surface area (Å²) in [7, 11) is 0. The molecule has 0 bridgehead atoms. The lowest BCUT2D eigenvalue weighted by Gasteiger charge is -2.11. The molecule has 0 aliphatic rings. The van der Waals surface area contributed by atoms with E-state index in [0.717, 1.165) is 28.7 Å². The number of aromatic nitrogens is 5. The molecule has 0 N–H and O–H groups in total. The van der Waals surface area contributed by atoms with Crippen LogP contribution in [0.5, 0.6) is 0 Å². The Morgan fingerprint density at radius 1 is 1.18 bits per heavy atom. The summed E-state index contributed by atoms with van der Waals surface area (Å²) in [5.41, 5.74) is 2.19. The summed E-state index contributed by atoms with van der Waals surface area (Å²) >= 11 is 1.54. The normalized spacial score (nSPS) is 12.4. The molecule has 8 heteroatoms. The van der Waals surface area contributed by atoms with Gasteiger partial charge in [0.1, 0.15) is 5.76 Å². The van der Waals surface area contributed by atoms with E-state index in [1.165, 1.54) is 5.56 Å². The number of furan rings is 1. The number of aryl methyl sites for hydroxylation is 2. The Bertz CT molecular complexity index is 1050. The van der Waals surface area contributed by atoms with Gasteiger partial charge in [-0.05, 0) is 32.0 Å². The SMILES string of the molecule is CCc1noc(C(C)Sc2nnc(-c3cccc(C)c3)n2Cc2ccco2)n1. The Balaban J connectivity index is 1.68. The summed E-state index contributed by atoms with van der Waals surface area (Å²) in [6.45, 7) is 6.63. The Kier molecular flexibility index (Phi) is 5.29. The third kappa shape index (κ3) is 3.87. The third-order valence-electron chi connectivity index (χ3n) is 4.32. The monoisotopic (exact) mass is 395 g/mol. The lowest BCUT2D eigenvalue weighted by atomic mass is 10.1. The van der Waals surface area contributed by atoms with Gasteiger partial charge in [-0.2, -0.15) is 4.98 Å². The zero-order valence-corrected chi connectivity index (χ0v) is 16.8. The van der Waals surface area contributed by atoms with Crippen LogP contribution in [0.3, 0.4) is 0 Å². The molecular formula is C20H21N5O2S. The van der Waals surface area contributed by atoms with Crippen molar-refractivity contribution in [2.24, 2.45) is 0 Å². The van der Waals surface area contributed by atoms with Gasteiger partial charge in [0.25, 0.3) is 0 Å². The van der Waals surface area contributed by atoms with Gasteiger partial charge in [0, 0.05) is 12.0 Å². The van der Waals surface area contributed by atoms with Crippen LogP contribution in [0.15, 0.2) is 56.8 Å². The van der Waals surface area contributed by atoms with Gasteiger partial charge < -0.3 is 8.94 Å². The van der Waals surface area contributed by atoms with Gasteiger partial charge in [-0.15, -0.1) is 10.2 Å². The summed E-state index contributed by atoms with van der Waals surface area (Å²) in [4.78, 5) is 4.43. The highest BCUT2D eigenvalue weighted by molar-refractivity contribution is 7.99. The summed E-state index contributed by atoms with van der Waals surface area (Å²) in [5, 5.41) is 13.6. The molecule has 144 valence electrons. The standard InChI is InChI=1S/C20H21N5O2S/c1-4-17-21-19(27-24-17)14(3)28-20-23-22-18(15-8-5-7-13(2)11-15)25(20)12-16-9-6-10-26-16/h5-11,14H,4,12H2,1-3H3. The Morgan fingerprint density at radius 2 is 2.07 bits per heavy atom. The molecule has 28 heavy (non-hydrogen) atoms. The van der Waals surface area contributed by atoms with Crippen molar-refractivity contribution in [3.05, 3.63) is 65.7 Å². The van der Waals surface area contributed by atoms with Crippen molar-refractivity contribution in [1.29, 1.82) is 0 Å². The number of nitrogens with zero attached hydrogens (tertiary/aromatic N) is 5. The van der Waals surface area contributed by atoms with E-state index in [4.69, 9.17) is 8.94 Å². The van der Waals surface area contributed by atoms with E-state index in [9.17, 15) is 0 Å². The first kappa shape index (κ1) is 18.5. The van der Waals surface area contributed by atoms with Crippen LogP contribution in [0.4, 0.5) is 0 Å². The molecule has 0 saturated carbocycles. The molecule has 3 aromatic heterocycles. The molecule has 0 aliphatic heterocycles. The molecule has 0 fully saturated rings. The van der Waals surface area contributed by atoms with Gasteiger partial charge in [-0.25, -0.2) is 0 Å². The highest BCUT2D eigenvalue weighted by atomic mass is 32.2. The minimum absolute atomic E-state index is 0.0438. The maximum Gasteiger partial charge on any atom is 0.239 e. The lowest BCUT2D eigenvalue weighted by molar-refractivity contribution is 0.375. The fourth-order valence-corrected chi connectivity index (χ4v) is 3.74. The number of hydrogen-bond donors (Lipinski definition) is 0. The Morgan fingerprint density at radius 3 is 2.79 bits per heavy atom. The van der Waals surface area contributed by atoms with E-state index in [2.05, 4.69) is 44.0 Å². The van der Waals surface area contributed by atoms with Crippen LogP contribution in [-0.2, 0) is 13.0 Å². The summed E-state index contributed by atoms with van der Waals surface area (Å²) in [6.07, 6.45) is 2.42. The second-order valence-electron chi connectivity index (χ2n) is 6.50. The summed E-state index contributed by atoms with van der Waals surface area (Å²) < 4.78 is 13.0. The predicted octanol–water partition coefficient (Wildman–Crippen LogP) is 4.69. The lowest BCUT2D eigenvalue weighted by Crippen LogP contribution is -2.04. The molecular weight excluding hydrogens is 374 g/mol. The minimum atomic E-state index is -0.0438. The molecule has 3 heterocycles. The fourth-order valence-electron chi connectivity index (χ4n) is 2.86. The molecule has 0 amide bonds. The van der Waals surface area contributed by atoms with Crippen LogP contribution in [0.25, 0.3) is 11.4 Å². The van der Waals surface area contributed by atoms with Crippen molar-refractivity contribution in [1.82, 2.24) is 24.9 Å². The van der Waals surface area contributed by atoms with Crippen molar-refractivity contribution < 1.29 is 8.94 Å². The molecule has 0 aliphatic carbocycles. The average molecular weight is 395 g/mol. The quantitative estimate of drug-likeness (QED) is 0.420. The largest absolute Gasteiger partial charge is 0.467 e. The first-order valence-corrected chi connectivity index (χ1v) is 10.0. The molecule has 0 spiro atoms. The molecule has 0 radical (unpaired) electrons.